The molecule has 148 valence electrons. The van der Waals surface area contributed by atoms with Crippen molar-refractivity contribution in [3.05, 3.63) is 88.7 Å². The molecule has 29 heavy (non-hydrogen) atoms. The van der Waals surface area contributed by atoms with E-state index in [0.29, 0.717) is 16.9 Å². The van der Waals surface area contributed by atoms with E-state index in [0.717, 1.165) is 17.0 Å². The van der Waals surface area contributed by atoms with Gasteiger partial charge in [0.05, 0.1) is 18.9 Å². The summed E-state index contributed by atoms with van der Waals surface area (Å²) in [6, 6.07) is 17.8. The molecule has 3 aromatic rings. The Morgan fingerprint density at radius 1 is 1.00 bits per heavy atom. The van der Waals surface area contributed by atoms with Crippen LogP contribution in [0.1, 0.15) is 37.7 Å². The van der Waals surface area contributed by atoms with Crippen molar-refractivity contribution in [1.82, 2.24) is 10.1 Å². The number of nitrogens with zero attached hydrogens (tertiary/aromatic N) is 2. The highest BCUT2D eigenvalue weighted by molar-refractivity contribution is 6.00. The number of hydrogen-bond donors (Lipinski definition) is 2. The third kappa shape index (κ3) is 4.52. The van der Waals surface area contributed by atoms with Gasteiger partial charge in [-0.05, 0) is 44.2 Å². The minimum atomic E-state index is -0.370. The van der Waals surface area contributed by atoms with Gasteiger partial charge in [-0.3, -0.25) is 19.7 Å². The van der Waals surface area contributed by atoms with E-state index in [2.05, 4.69) is 16.0 Å². The average molecular weight is 390 g/mol. The van der Waals surface area contributed by atoms with Crippen molar-refractivity contribution in [2.24, 2.45) is 5.10 Å². The van der Waals surface area contributed by atoms with Gasteiger partial charge < -0.3 is 4.74 Å². The first-order valence-corrected chi connectivity index (χ1v) is 9.03. The molecule has 0 unspecified atom stereocenters. The Kier molecular flexibility index (Phi) is 6.09. The number of nitrogens with one attached hydrogen (secondary N) is 2. The lowest BCUT2D eigenvalue weighted by atomic mass is 10.2. The molecule has 0 aliphatic heterocycles. The molecule has 1 aromatic heterocycles. The molecule has 0 saturated carbocycles. The van der Waals surface area contributed by atoms with Crippen molar-refractivity contribution in [3.63, 3.8) is 0 Å². The molecule has 7 nitrogen and oxygen atoms in total. The normalized spacial score (nSPS) is 10.7. The number of para-hydroxylation sites is 1. The number of hydrazone groups is 1. The first kappa shape index (κ1) is 19.9. The summed E-state index contributed by atoms with van der Waals surface area (Å²) in [5.41, 5.74) is 8.74. The van der Waals surface area contributed by atoms with Gasteiger partial charge in [0.25, 0.3) is 11.8 Å². The molecule has 0 aliphatic rings. The highest BCUT2D eigenvalue weighted by Crippen LogP contribution is 2.17. The maximum Gasteiger partial charge on any atom is 0.275 e. The maximum atomic E-state index is 12.4. The van der Waals surface area contributed by atoms with Crippen LogP contribution in [0.5, 0.6) is 5.75 Å². The van der Waals surface area contributed by atoms with Gasteiger partial charge in [-0.15, -0.1) is 0 Å². The summed E-state index contributed by atoms with van der Waals surface area (Å²) in [5, 5.41) is 4.04. The molecular formula is C22H22N4O3. The maximum absolute atomic E-state index is 12.4. The predicted molar refractivity (Wildman–Crippen MR) is 112 cm³/mol. The number of rotatable bonds is 6. The Morgan fingerprint density at radius 2 is 1.69 bits per heavy atom. The second kappa shape index (κ2) is 8.88. The van der Waals surface area contributed by atoms with E-state index in [9.17, 15) is 9.59 Å². The molecule has 2 aromatic carbocycles. The molecule has 0 saturated heterocycles. The van der Waals surface area contributed by atoms with Crippen LogP contribution in [0.2, 0.25) is 0 Å². The molecule has 0 spiro atoms. The van der Waals surface area contributed by atoms with Crippen LogP contribution in [0, 0.1) is 13.8 Å². The Labute approximate surface area is 169 Å². The van der Waals surface area contributed by atoms with Crippen LogP contribution < -0.4 is 15.6 Å². The van der Waals surface area contributed by atoms with Gasteiger partial charge in [0.1, 0.15) is 5.75 Å². The Morgan fingerprint density at radius 3 is 2.41 bits per heavy atom. The Bertz CT molecular complexity index is 1060. The van der Waals surface area contributed by atoms with Crippen molar-refractivity contribution in [1.29, 1.82) is 0 Å². The number of hydrogen-bond acceptors (Lipinski definition) is 4. The molecule has 3 rings (SSSR count). The Hall–Kier alpha value is -3.87. The van der Waals surface area contributed by atoms with Crippen molar-refractivity contribution in [3.8, 4) is 5.75 Å². The first-order valence-electron chi connectivity index (χ1n) is 9.03. The standard InChI is InChI=1S/C22H22N4O3/c1-15-13-18(14-23-24-22(28)19-11-7-8-12-20(19)29-3)16(2)26(15)25-21(27)17-9-5-4-6-10-17/h4-14H,1-3H3,(H,24,28)(H,25,27)/b23-14-. The summed E-state index contributed by atoms with van der Waals surface area (Å²) in [5.74, 6) is -0.104. The van der Waals surface area contributed by atoms with Gasteiger partial charge in [0.15, 0.2) is 0 Å². The average Bonchev–Trinajstić information content (AvgIpc) is 3.01. The lowest BCUT2D eigenvalue weighted by Gasteiger charge is -2.11. The molecule has 2 amide bonds. The largest absolute Gasteiger partial charge is 0.496 e. The lowest BCUT2D eigenvalue weighted by molar-refractivity contribution is 0.0951. The second-order valence-corrected chi connectivity index (χ2v) is 6.37. The van der Waals surface area contributed by atoms with Crippen LogP contribution in [0.4, 0.5) is 0 Å². The van der Waals surface area contributed by atoms with E-state index >= 15 is 0 Å². The number of carbonyl (C=O) groups is 2. The SMILES string of the molecule is COc1ccccc1C(=O)N/N=C\c1cc(C)n(NC(=O)c2ccccc2)c1C. The highest BCUT2D eigenvalue weighted by Gasteiger charge is 2.13. The van der Waals surface area contributed by atoms with Gasteiger partial charge in [0, 0.05) is 22.5 Å². The molecular weight excluding hydrogens is 368 g/mol. The van der Waals surface area contributed by atoms with Crippen molar-refractivity contribution in [2.45, 2.75) is 13.8 Å². The van der Waals surface area contributed by atoms with Crippen LogP contribution in [-0.4, -0.2) is 29.8 Å². The Balaban J connectivity index is 1.71. The van der Waals surface area contributed by atoms with Crippen LogP contribution in [0.3, 0.4) is 0 Å². The first-order chi connectivity index (χ1) is 14.0. The zero-order chi connectivity index (χ0) is 20.8. The summed E-state index contributed by atoms with van der Waals surface area (Å²) in [6.07, 6.45) is 1.54. The quantitative estimate of drug-likeness (QED) is 0.500. The summed E-state index contributed by atoms with van der Waals surface area (Å²) >= 11 is 0. The number of amides is 2. The van der Waals surface area contributed by atoms with Gasteiger partial charge in [-0.25, -0.2) is 5.43 Å². The molecule has 0 radical (unpaired) electrons. The van der Waals surface area contributed by atoms with Crippen molar-refractivity contribution >= 4 is 18.0 Å². The fourth-order valence-corrected chi connectivity index (χ4v) is 2.90. The number of aromatic nitrogens is 1. The highest BCUT2D eigenvalue weighted by atomic mass is 16.5. The molecule has 2 N–H and O–H groups in total. The van der Waals surface area contributed by atoms with Gasteiger partial charge in [-0.1, -0.05) is 30.3 Å². The third-order valence-corrected chi connectivity index (χ3v) is 4.44. The molecule has 0 bridgehead atoms. The minimum Gasteiger partial charge on any atom is -0.496 e. The number of carbonyl (C=O) groups excluding carboxylic acids is 2. The van der Waals surface area contributed by atoms with E-state index in [1.807, 2.05) is 38.1 Å². The van der Waals surface area contributed by atoms with Crippen molar-refractivity contribution < 1.29 is 14.3 Å². The molecule has 0 atom stereocenters. The molecule has 1 heterocycles. The summed E-state index contributed by atoms with van der Waals surface area (Å²) in [7, 11) is 1.51. The lowest BCUT2D eigenvalue weighted by Crippen LogP contribution is -2.24. The topological polar surface area (TPSA) is 84.7 Å². The van der Waals surface area contributed by atoms with Crippen LogP contribution in [-0.2, 0) is 0 Å². The summed E-state index contributed by atoms with van der Waals surface area (Å²) in [4.78, 5) is 24.7. The van der Waals surface area contributed by atoms with Crippen LogP contribution >= 0.6 is 0 Å². The number of aryl methyl sites for hydroxylation is 1. The van der Waals surface area contributed by atoms with Crippen LogP contribution in [0.15, 0.2) is 65.8 Å². The zero-order valence-electron chi connectivity index (χ0n) is 16.5. The van der Waals surface area contributed by atoms with Gasteiger partial charge >= 0.3 is 0 Å². The van der Waals surface area contributed by atoms with E-state index in [4.69, 9.17) is 4.74 Å². The second-order valence-electron chi connectivity index (χ2n) is 6.37. The fourth-order valence-electron chi connectivity index (χ4n) is 2.90. The molecule has 0 aliphatic carbocycles. The van der Waals surface area contributed by atoms with Crippen molar-refractivity contribution in [2.75, 3.05) is 12.5 Å². The number of methoxy groups -OCH3 is 1. The minimum absolute atomic E-state index is 0.208. The fraction of sp³-hybridized carbons (Fsp3) is 0.136. The summed E-state index contributed by atoms with van der Waals surface area (Å²) < 4.78 is 6.88. The number of ether oxygens (including phenoxy) is 1. The van der Waals surface area contributed by atoms with E-state index in [1.165, 1.54) is 7.11 Å². The third-order valence-electron chi connectivity index (χ3n) is 4.44. The van der Waals surface area contributed by atoms with E-state index in [1.54, 1.807) is 47.3 Å². The van der Waals surface area contributed by atoms with Crippen LogP contribution in [0.25, 0.3) is 0 Å². The van der Waals surface area contributed by atoms with E-state index < -0.39 is 0 Å². The summed E-state index contributed by atoms with van der Waals surface area (Å²) in [6.45, 7) is 3.74. The number of benzene rings is 2. The zero-order valence-corrected chi connectivity index (χ0v) is 16.5. The predicted octanol–water partition coefficient (Wildman–Crippen LogP) is 3.26. The molecule has 7 heteroatoms. The molecule has 0 fully saturated rings. The van der Waals surface area contributed by atoms with Gasteiger partial charge in [-0.2, -0.15) is 5.10 Å². The monoisotopic (exact) mass is 390 g/mol. The van der Waals surface area contributed by atoms with Gasteiger partial charge in [0.2, 0.25) is 0 Å². The smallest absolute Gasteiger partial charge is 0.275 e. The van der Waals surface area contributed by atoms with E-state index in [-0.39, 0.29) is 11.8 Å².